The lowest BCUT2D eigenvalue weighted by atomic mass is 10.1. The third-order valence-corrected chi connectivity index (χ3v) is 4.82. The van der Waals surface area contributed by atoms with E-state index >= 15 is 0 Å². The van der Waals surface area contributed by atoms with Crippen molar-refractivity contribution in [3.05, 3.63) is 62.7 Å². The number of nitrogens with zero attached hydrogens (tertiary/aromatic N) is 2. The molecule has 0 radical (unpaired) electrons. The maximum atomic E-state index is 12.5. The normalized spacial score (nSPS) is 13.3. The van der Waals surface area contributed by atoms with E-state index in [4.69, 9.17) is 16.3 Å². The molecule has 3 rings (SSSR count). The number of non-ortho nitro benzene ring substituents is 1. The van der Waals surface area contributed by atoms with Crippen LogP contribution in [0.1, 0.15) is 28.8 Å². The van der Waals surface area contributed by atoms with E-state index < -0.39 is 23.4 Å². The summed E-state index contributed by atoms with van der Waals surface area (Å²) in [5.41, 5.74) is 1.15. The molecule has 2 amide bonds. The Hall–Kier alpha value is -3.46. The lowest BCUT2D eigenvalue weighted by Gasteiger charge is -2.19. The number of nitro groups is 1. The van der Waals surface area contributed by atoms with Gasteiger partial charge in [-0.3, -0.25) is 19.7 Å². The van der Waals surface area contributed by atoms with Crippen LogP contribution in [0.3, 0.4) is 0 Å². The molecule has 1 saturated heterocycles. The molecule has 1 N–H and O–H groups in total. The predicted octanol–water partition coefficient (Wildman–Crippen LogP) is 3.48. The molecule has 156 valence electrons. The van der Waals surface area contributed by atoms with Gasteiger partial charge in [0.05, 0.1) is 21.9 Å². The number of nitrogens with one attached hydrogen (secondary N) is 1. The van der Waals surface area contributed by atoms with E-state index in [0.717, 1.165) is 0 Å². The number of ether oxygens (including phenoxy) is 1. The van der Waals surface area contributed by atoms with E-state index in [9.17, 15) is 24.5 Å². The molecule has 0 bridgehead atoms. The molecule has 0 saturated carbocycles. The van der Waals surface area contributed by atoms with Crippen molar-refractivity contribution >= 4 is 46.4 Å². The third kappa shape index (κ3) is 4.74. The molecule has 0 atom stereocenters. The monoisotopic (exact) mass is 431 g/mol. The number of nitro benzene ring substituents is 1. The number of halogens is 1. The quantitative estimate of drug-likeness (QED) is 0.425. The van der Waals surface area contributed by atoms with Crippen LogP contribution in [0, 0.1) is 17.0 Å². The van der Waals surface area contributed by atoms with Gasteiger partial charge >= 0.3 is 5.97 Å². The van der Waals surface area contributed by atoms with Gasteiger partial charge in [0.1, 0.15) is 0 Å². The molecular formula is C20H18ClN3O6. The summed E-state index contributed by atoms with van der Waals surface area (Å²) in [6.45, 7) is 1.54. The van der Waals surface area contributed by atoms with Crippen LogP contribution in [0.4, 0.5) is 17.1 Å². The Kier molecular flexibility index (Phi) is 6.31. The molecule has 1 heterocycles. The van der Waals surface area contributed by atoms with Crippen LogP contribution in [0.5, 0.6) is 0 Å². The van der Waals surface area contributed by atoms with Gasteiger partial charge in [0.25, 0.3) is 11.6 Å². The van der Waals surface area contributed by atoms with E-state index in [2.05, 4.69) is 5.32 Å². The molecule has 1 fully saturated rings. The molecular weight excluding hydrogens is 414 g/mol. The molecule has 0 aliphatic carbocycles. The van der Waals surface area contributed by atoms with Crippen molar-refractivity contribution in [2.45, 2.75) is 19.8 Å². The van der Waals surface area contributed by atoms with Crippen molar-refractivity contribution in [1.82, 2.24) is 0 Å². The molecule has 1 aliphatic rings. The second kappa shape index (κ2) is 8.91. The molecule has 10 heteroatoms. The summed E-state index contributed by atoms with van der Waals surface area (Å²) in [6.07, 6.45) is 1.05. The highest BCUT2D eigenvalue weighted by molar-refractivity contribution is 6.31. The van der Waals surface area contributed by atoms with Gasteiger partial charge in [-0.2, -0.15) is 0 Å². The molecule has 0 unspecified atom stereocenters. The Morgan fingerprint density at radius 2 is 2.03 bits per heavy atom. The van der Waals surface area contributed by atoms with Crippen LogP contribution in [0.25, 0.3) is 0 Å². The van der Waals surface area contributed by atoms with Crippen LogP contribution in [0.2, 0.25) is 5.02 Å². The van der Waals surface area contributed by atoms with Crippen molar-refractivity contribution in [2.24, 2.45) is 0 Å². The summed E-state index contributed by atoms with van der Waals surface area (Å²) in [5, 5.41) is 13.7. The zero-order valence-electron chi connectivity index (χ0n) is 16.0. The van der Waals surface area contributed by atoms with E-state index in [1.54, 1.807) is 6.92 Å². The second-order valence-electron chi connectivity index (χ2n) is 6.69. The average Bonchev–Trinajstić information content (AvgIpc) is 3.13. The highest BCUT2D eigenvalue weighted by atomic mass is 35.5. The van der Waals surface area contributed by atoms with Crippen molar-refractivity contribution in [2.75, 3.05) is 23.4 Å². The number of hydrogen-bond acceptors (Lipinski definition) is 6. The SMILES string of the molecule is Cc1ccc([N+](=O)[O-])cc1NC(=O)COC(=O)c1ccc(Cl)cc1N1CCCC1=O. The number of esters is 1. The Labute approximate surface area is 176 Å². The van der Waals surface area contributed by atoms with Gasteiger partial charge in [0.15, 0.2) is 6.61 Å². The van der Waals surface area contributed by atoms with E-state index in [0.29, 0.717) is 35.7 Å². The van der Waals surface area contributed by atoms with Crippen molar-refractivity contribution in [3.63, 3.8) is 0 Å². The van der Waals surface area contributed by atoms with Gasteiger partial charge in [-0.05, 0) is 37.1 Å². The summed E-state index contributed by atoms with van der Waals surface area (Å²) < 4.78 is 5.09. The fraction of sp³-hybridized carbons (Fsp3) is 0.250. The van der Waals surface area contributed by atoms with Gasteiger partial charge in [-0.1, -0.05) is 17.7 Å². The molecule has 0 aromatic heterocycles. The van der Waals surface area contributed by atoms with E-state index in [-0.39, 0.29) is 22.8 Å². The highest BCUT2D eigenvalue weighted by Crippen LogP contribution is 2.29. The molecule has 1 aliphatic heterocycles. The van der Waals surface area contributed by atoms with Crippen LogP contribution in [0.15, 0.2) is 36.4 Å². The fourth-order valence-electron chi connectivity index (χ4n) is 3.06. The number of rotatable bonds is 6. The Balaban J connectivity index is 1.69. The van der Waals surface area contributed by atoms with Crippen molar-refractivity contribution < 1.29 is 24.0 Å². The Morgan fingerprint density at radius 3 is 2.70 bits per heavy atom. The number of carbonyl (C=O) groups excluding carboxylic acids is 3. The third-order valence-electron chi connectivity index (χ3n) is 4.58. The molecule has 0 spiro atoms. The maximum absolute atomic E-state index is 12.5. The first kappa shape index (κ1) is 21.3. The van der Waals surface area contributed by atoms with E-state index in [1.807, 2.05) is 0 Å². The Bertz CT molecular complexity index is 1040. The predicted molar refractivity (Wildman–Crippen MR) is 110 cm³/mol. The lowest BCUT2D eigenvalue weighted by Crippen LogP contribution is -2.27. The zero-order valence-corrected chi connectivity index (χ0v) is 16.8. The first-order valence-electron chi connectivity index (χ1n) is 9.08. The Morgan fingerprint density at radius 1 is 1.27 bits per heavy atom. The molecule has 2 aromatic carbocycles. The van der Waals surface area contributed by atoms with Crippen molar-refractivity contribution in [1.29, 1.82) is 0 Å². The van der Waals surface area contributed by atoms with Crippen LogP contribution >= 0.6 is 11.6 Å². The topological polar surface area (TPSA) is 119 Å². The van der Waals surface area contributed by atoms with Crippen LogP contribution in [-0.4, -0.2) is 35.9 Å². The van der Waals surface area contributed by atoms with Gasteiger partial charge < -0.3 is 15.0 Å². The lowest BCUT2D eigenvalue weighted by molar-refractivity contribution is -0.384. The average molecular weight is 432 g/mol. The minimum Gasteiger partial charge on any atom is -0.452 e. The summed E-state index contributed by atoms with van der Waals surface area (Å²) in [7, 11) is 0. The largest absolute Gasteiger partial charge is 0.452 e. The number of anilines is 2. The van der Waals surface area contributed by atoms with Gasteiger partial charge in [-0.15, -0.1) is 0 Å². The fourth-order valence-corrected chi connectivity index (χ4v) is 3.22. The van der Waals surface area contributed by atoms with Gasteiger partial charge in [0, 0.05) is 30.1 Å². The summed E-state index contributed by atoms with van der Waals surface area (Å²) in [4.78, 5) is 48.6. The summed E-state index contributed by atoms with van der Waals surface area (Å²) in [5.74, 6) is -1.56. The smallest absolute Gasteiger partial charge is 0.340 e. The number of benzene rings is 2. The highest BCUT2D eigenvalue weighted by Gasteiger charge is 2.27. The first-order valence-corrected chi connectivity index (χ1v) is 9.46. The van der Waals surface area contributed by atoms with Crippen molar-refractivity contribution in [3.8, 4) is 0 Å². The minimum absolute atomic E-state index is 0.119. The van der Waals surface area contributed by atoms with Gasteiger partial charge in [0.2, 0.25) is 5.91 Å². The van der Waals surface area contributed by atoms with Gasteiger partial charge in [-0.25, -0.2) is 4.79 Å². The van der Waals surface area contributed by atoms with E-state index in [1.165, 1.54) is 41.3 Å². The summed E-state index contributed by atoms with van der Waals surface area (Å²) >= 11 is 6.01. The van der Waals surface area contributed by atoms with Crippen LogP contribution < -0.4 is 10.2 Å². The number of hydrogen-bond donors (Lipinski definition) is 1. The minimum atomic E-state index is -0.785. The number of amides is 2. The first-order chi connectivity index (χ1) is 14.3. The zero-order chi connectivity index (χ0) is 21.8. The summed E-state index contributed by atoms with van der Waals surface area (Å²) in [6, 6.07) is 8.50. The number of aryl methyl sites for hydroxylation is 1. The number of carbonyl (C=O) groups is 3. The molecule has 30 heavy (non-hydrogen) atoms. The molecule has 2 aromatic rings. The maximum Gasteiger partial charge on any atom is 0.340 e. The standard InChI is InChI=1S/C20H18ClN3O6/c1-12-4-6-14(24(28)29)10-16(12)22-18(25)11-30-20(27)15-7-5-13(21)9-17(15)23-8-2-3-19(23)26/h4-7,9-10H,2-3,8,11H2,1H3,(H,22,25). The second-order valence-corrected chi connectivity index (χ2v) is 7.13. The molecule has 9 nitrogen and oxygen atoms in total. The van der Waals surface area contributed by atoms with Crippen LogP contribution in [-0.2, 0) is 14.3 Å².